The first kappa shape index (κ1) is 12.1. The third-order valence-corrected chi connectivity index (χ3v) is 3.15. The molecule has 1 atom stereocenters. The molecule has 0 fully saturated rings. The van der Waals surface area contributed by atoms with E-state index < -0.39 is 0 Å². The van der Waals surface area contributed by atoms with Gasteiger partial charge >= 0.3 is 0 Å². The van der Waals surface area contributed by atoms with Crippen LogP contribution in [0.4, 0.5) is 0 Å². The molecule has 2 rings (SSSR count). The summed E-state index contributed by atoms with van der Waals surface area (Å²) >= 11 is 0. The van der Waals surface area contributed by atoms with Gasteiger partial charge in [0.05, 0.1) is 0 Å². The molecule has 0 amide bonds. The number of aryl methyl sites for hydroxylation is 1. The third-order valence-electron chi connectivity index (χ3n) is 3.15. The average Bonchev–Trinajstić information content (AvgIpc) is 2.36. The van der Waals surface area contributed by atoms with Gasteiger partial charge < -0.3 is 5.32 Å². The predicted molar refractivity (Wildman–Crippen MR) is 73.2 cm³/mol. The smallest absolute Gasteiger partial charge is 0.0346 e. The number of pyridine rings is 1. The van der Waals surface area contributed by atoms with Crippen LogP contribution in [0, 0.1) is 0 Å². The number of aromatic nitrogens is 1. The maximum Gasteiger partial charge on any atom is 0.0346 e. The molecule has 2 nitrogen and oxygen atoms in total. The highest BCUT2D eigenvalue weighted by atomic mass is 14.9. The summed E-state index contributed by atoms with van der Waals surface area (Å²) in [5.41, 5.74) is 1.35. The monoisotopic (exact) mass is 228 g/mol. The van der Waals surface area contributed by atoms with E-state index in [1.54, 1.807) is 0 Å². The Balaban J connectivity index is 2.13. The minimum absolute atomic E-state index is 0.568. The molecular formula is C15H20N2. The number of benzene rings is 1. The maximum atomic E-state index is 4.32. The van der Waals surface area contributed by atoms with Gasteiger partial charge in [-0.2, -0.15) is 0 Å². The van der Waals surface area contributed by atoms with Gasteiger partial charge in [0, 0.05) is 23.8 Å². The van der Waals surface area contributed by atoms with Crippen molar-refractivity contribution in [2.45, 2.75) is 32.7 Å². The van der Waals surface area contributed by atoms with Crippen LogP contribution in [-0.2, 0) is 6.42 Å². The zero-order chi connectivity index (χ0) is 12.1. The number of nitrogens with zero attached hydrogens (tertiary/aromatic N) is 1. The molecule has 90 valence electrons. The fourth-order valence-corrected chi connectivity index (χ4v) is 2.20. The molecule has 0 aliphatic rings. The van der Waals surface area contributed by atoms with E-state index in [0.717, 1.165) is 19.4 Å². The maximum absolute atomic E-state index is 4.32. The van der Waals surface area contributed by atoms with Crippen molar-refractivity contribution in [3.05, 3.63) is 42.2 Å². The molecule has 0 aliphatic heterocycles. The lowest BCUT2D eigenvalue weighted by atomic mass is 10.0. The van der Waals surface area contributed by atoms with Crippen LogP contribution in [0.2, 0.25) is 0 Å². The highest BCUT2D eigenvalue weighted by Gasteiger charge is 2.04. The summed E-state index contributed by atoms with van der Waals surface area (Å²) in [5, 5.41) is 6.02. The summed E-state index contributed by atoms with van der Waals surface area (Å²) in [7, 11) is 0. The molecule has 2 heteroatoms. The third kappa shape index (κ3) is 3.04. The molecule has 0 bridgehead atoms. The first-order valence-corrected chi connectivity index (χ1v) is 6.36. The van der Waals surface area contributed by atoms with Crippen molar-refractivity contribution < 1.29 is 0 Å². The Hall–Kier alpha value is -1.41. The lowest BCUT2D eigenvalue weighted by Crippen LogP contribution is -2.25. The molecule has 17 heavy (non-hydrogen) atoms. The van der Waals surface area contributed by atoms with E-state index in [1.807, 2.05) is 12.4 Å². The van der Waals surface area contributed by atoms with Gasteiger partial charge in [-0.15, -0.1) is 0 Å². The van der Waals surface area contributed by atoms with Gasteiger partial charge in [0.2, 0.25) is 0 Å². The zero-order valence-corrected chi connectivity index (χ0v) is 10.6. The van der Waals surface area contributed by atoms with Crippen molar-refractivity contribution in [2.24, 2.45) is 0 Å². The van der Waals surface area contributed by atoms with Gasteiger partial charge in [0.25, 0.3) is 0 Å². The van der Waals surface area contributed by atoms with E-state index in [0.29, 0.717) is 6.04 Å². The van der Waals surface area contributed by atoms with Crippen LogP contribution >= 0.6 is 0 Å². The number of hydrogen-bond acceptors (Lipinski definition) is 2. The normalized spacial score (nSPS) is 12.8. The highest BCUT2D eigenvalue weighted by molar-refractivity contribution is 5.84. The van der Waals surface area contributed by atoms with Crippen molar-refractivity contribution >= 4 is 10.8 Å². The van der Waals surface area contributed by atoms with E-state index in [1.165, 1.54) is 16.3 Å². The lowest BCUT2D eigenvalue weighted by Gasteiger charge is -2.12. The summed E-state index contributed by atoms with van der Waals surface area (Å²) in [5.74, 6) is 0. The fourth-order valence-electron chi connectivity index (χ4n) is 2.20. The second kappa shape index (κ2) is 5.78. The number of hydrogen-bond donors (Lipinski definition) is 1. The second-order valence-electron chi connectivity index (χ2n) is 4.52. The van der Waals surface area contributed by atoms with Gasteiger partial charge in [0.15, 0.2) is 0 Å². The Morgan fingerprint density at radius 3 is 2.88 bits per heavy atom. The van der Waals surface area contributed by atoms with Crippen LogP contribution in [0.5, 0.6) is 0 Å². The summed E-state index contributed by atoms with van der Waals surface area (Å²) < 4.78 is 0. The van der Waals surface area contributed by atoms with Gasteiger partial charge in [-0.25, -0.2) is 0 Å². The van der Waals surface area contributed by atoms with Crippen LogP contribution < -0.4 is 5.32 Å². The lowest BCUT2D eigenvalue weighted by molar-refractivity contribution is 0.531. The van der Waals surface area contributed by atoms with Gasteiger partial charge in [-0.3, -0.25) is 4.98 Å². The SMILES string of the molecule is CCNC(C)CCc1cncc2ccccc12. The predicted octanol–water partition coefficient (Wildman–Crippen LogP) is 3.17. The first-order valence-electron chi connectivity index (χ1n) is 6.36. The van der Waals surface area contributed by atoms with Crippen LogP contribution in [0.25, 0.3) is 10.8 Å². The van der Waals surface area contributed by atoms with E-state index in [-0.39, 0.29) is 0 Å². The Bertz CT molecular complexity index is 474. The molecule has 1 unspecified atom stereocenters. The van der Waals surface area contributed by atoms with Crippen LogP contribution in [-0.4, -0.2) is 17.6 Å². The first-order chi connectivity index (χ1) is 8.31. The molecule has 1 aromatic carbocycles. The number of fused-ring (bicyclic) bond motifs is 1. The van der Waals surface area contributed by atoms with Crippen molar-refractivity contribution in [2.75, 3.05) is 6.54 Å². The van der Waals surface area contributed by atoms with E-state index in [2.05, 4.69) is 48.4 Å². The Morgan fingerprint density at radius 1 is 1.24 bits per heavy atom. The van der Waals surface area contributed by atoms with E-state index in [4.69, 9.17) is 0 Å². The zero-order valence-electron chi connectivity index (χ0n) is 10.6. The molecule has 0 radical (unpaired) electrons. The number of rotatable bonds is 5. The van der Waals surface area contributed by atoms with Crippen LogP contribution in [0.1, 0.15) is 25.8 Å². The highest BCUT2D eigenvalue weighted by Crippen LogP contribution is 2.18. The van der Waals surface area contributed by atoms with Crippen LogP contribution in [0.15, 0.2) is 36.7 Å². The molecule has 0 spiro atoms. The molecule has 0 saturated carbocycles. The van der Waals surface area contributed by atoms with Crippen molar-refractivity contribution in [1.82, 2.24) is 10.3 Å². The summed E-state index contributed by atoms with van der Waals surface area (Å²) in [6.45, 7) is 5.42. The largest absolute Gasteiger partial charge is 0.315 e. The molecule has 1 aromatic heterocycles. The Morgan fingerprint density at radius 2 is 2.06 bits per heavy atom. The minimum atomic E-state index is 0.568. The fraction of sp³-hybridized carbons (Fsp3) is 0.400. The number of nitrogens with one attached hydrogen (secondary N) is 1. The second-order valence-corrected chi connectivity index (χ2v) is 4.52. The minimum Gasteiger partial charge on any atom is -0.315 e. The Kier molecular flexibility index (Phi) is 4.10. The molecule has 2 aromatic rings. The van der Waals surface area contributed by atoms with Crippen molar-refractivity contribution in [3.63, 3.8) is 0 Å². The van der Waals surface area contributed by atoms with E-state index in [9.17, 15) is 0 Å². The van der Waals surface area contributed by atoms with Crippen molar-refractivity contribution in [1.29, 1.82) is 0 Å². The van der Waals surface area contributed by atoms with Crippen molar-refractivity contribution in [3.8, 4) is 0 Å². The summed E-state index contributed by atoms with van der Waals surface area (Å²) in [4.78, 5) is 4.32. The quantitative estimate of drug-likeness (QED) is 0.850. The molecular weight excluding hydrogens is 208 g/mol. The molecule has 0 saturated heterocycles. The van der Waals surface area contributed by atoms with Gasteiger partial charge in [-0.1, -0.05) is 31.2 Å². The summed E-state index contributed by atoms with van der Waals surface area (Å²) in [6.07, 6.45) is 6.18. The van der Waals surface area contributed by atoms with E-state index >= 15 is 0 Å². The average molecular weight is 228 g/mol. The molecule has 1 heterocycles. The Labute approximate surface area is 103 Å². The topological polar surface area (TPSA) is 24.9 Å². The molecule has 1 N–H and O–H groups in total. The van der Waals surface area contributed by atoms with Gasteiger partial charge in [-0.05, 0) is 37.3 Å². The molecule has 0 aliphatic carbocycles. The summed E-state index contributed by atoms with van der Waals surface area (Å²) in [6, 6.07) is 9.04. The van der Waals surface area contributed by atoms with Gasteiger partial charge in [0.1, 0.15) is 0 Å². The van der Waals surface area contributed by atoms with Crippen LogP contribution in [0.3, 0.4) is 0 Å². The standard InChI is InChI=1S/C15H20N2/c1-3-17-12(2)8-9-14-11-16-10-13-6-4-5-7-15(13)14/h4-7,10-12,17H,3,8-9H2,1-2H3.